The number of rotatable bonds is 3. The second-order valence-electron chi connectivity index (χ2n) is 4.71. The molecule has 0 atom stereocenters. The number of ether oxygens (including phenoxy) is 1. The van der Waals surface area contributed by atoms with E-state index in [1.807, 2.05) is 19.1 Å². The molecule has 2 rings (SSSR count). The minimum Gasteiger partial charge on any atom is -0.457 e. The Labute approximate surface area is 123 Å². The Balaban J connectivity index is 2.37. The molecule has 0 saturated carbocycles. The van der Waals surface area contributed by atoms with Crippen molar-refractivity contribution >= 4 is 23.2 Å². The molecule has 1 heterocycles. The van der Waals surface area contributed by atoms with Crippen LogP contribution >= 0.6 is 23.2 Å². The van der Waals surface area contributed by atoms with Crippen LogP contribution in [0, 0.1) is 6.92 Å². The van der Waals surface area contributed by atoms with Gasteiger partial charge in [-0.15, -0.1) is 0 Å². The third-order valence-corrected chi connectivity index (χ3v) is 3.38. The van der Waals surface area contributed by atoms with E-state index in [1.165, 1.54) is 0 Å². The number of halogens is 2. The van der Waals surface area contributed by atoms with Crippen LogP contribution in [0.2, 0.25) is 10.2 Å². The van der Waals surface area contributed by atoms with Crippen LogP contribution in [0.5, 0.6) is 11.5 Å². The van der Waals surface area contributed by atoms with Crippen LogP contribution in [-0.4, -0.2) is 4.98 Å². The number of benzene rings is 1. The topological polar surface area (TPSA) is 22.1 Å². The Morgan fingerprint density at radius 1 is 1.16 bits per heavy atom. The zero-order chi connectivity index (χ0) is 14.0. The van der Waals surface area contributed by atoms with Crippen LogP contribution < -0.4 is 4.74 Å². The van der Waals surface area contributed by atoms with Gasteiger partial charge in [0.25, 0.3) is 0 Å². The van der Waals surface area contributed by atoms with Crippen molar-refractivity contribution in [3.63, 3.8) is 0 Å². The summed E-state index contributed by atoms with van der Waals surface area (Å²) in [7, 11) is 0. The zero-order valence-electron chi connectivity index (χ0n) is 11.1. The third-order valence-electron chi connectivity index (χ3n) is 2.84. The number of aromatic nitrogens is 1. The smallest absolute Gasteiger partial charge is 0.132 e. The van der Waals surface area contributed by atoms with Crippen molar-refractivity contribution in [1.82, 2.24) is 4.98 Å². The predicted octanol–water partition coefficient (Wildman–Crippen LogP) is 5.61. The van der Waals surface area contributed by atoms with E-state index in [0.717, 1.165) is 21.9 Å². The van der Waals surface area contributed by atoms with E-state index in [9.17, 15) is 0 Å². The second-order valence-corrected chi connectivity index (χ2v) is 5.50. The molecule has 1 aromatic heterocycles. The van der Waals surface area contributed by atoms with Gasteiger partial charge < -0.3 is 4.74 Å². The van der Waals surface area contributed by atoms with E-state index in [-0.39, 0.29) is 0 Å². The normalized spacial score (nSPS) is 10.8. The lowest BCUT2D eigenvalue weighted by atomic mass is 10.0. The zero-order valence-corrected chi connectivity index (χ0v) is 12.6. The number of pyridine rings is 1. The Morgan fingerprint density at radius 3 is 2.53 bits per heavy atom. The highest BCUT2D eigenvalue weighted by atomic mass is 35.5. The van der Waals surface area contributed by atoms with Gasteiger partial charge in [0.05, 0.1) is 0 Å². The molecule has 0 radical (unpaired) electrons. The van der Waals surface area contributed by atoms with Crippen molar-refractivity contribution in [1.29, 1.82) is 0 Å². The fourth-order valence-corrected chi connectivity index (χ4v) is 2.40. The second kappa shape index (κ2) is 5.81. The summed E-state index contributed by atoms with van der Waals surface area (Å²) in [4.78, 5) is 3.93. The quantitative estimate of drug-likeness (QED) is 0.686. The van der Waals surface area contributed by atoms with E-state index in [2.05, 4.69) is 18.8 Å². The van der Waals surface area contributed by atoms with Gasteiger partial charge >= 0.3 is 0 Å². The molecule has 100 valence electrons. The summed E-state index contributed by atoms with van der Waals surface area (Å²) in [5, 5.41) is 1.18. The van der Waals surface area contributed by atoms with E-state index in [0.29, 0.717) is 16.8 Å². The number of aryl methyl sites for hydroxylation is 1. The number of hydrogen-bond donors (Lipinski definition) is 0. The van der Waals surface area contributed by atoms with Gasteiger partial charge in [0.2, 0.25) is 0 Å². The van der Waals surface area contributed by atoms with Gasteiger partial charge in [-0.25, -0.2) is 4.98 Å². The summed E-state index contributed by atoms with van der Waals surface area (Å²) in [6.45, 7) is 6.17. The standard InChI is InChI=1S/C15H15Cl2NO/c1-9(2)12-8-14(10(3)6-13(12)16)19-11-4-5-18-15(17)7-11/h4-9H,1-3H3. The molecule has 0 spiro atoms. The monoisotopic (exact) mass is 295 g/mol. The minimum atomic E-state index is 0.344. The summed E-state index contributed by atoms with van der Waals surface area (Å²) < 4.78 is 5.85. The molecule has 0 saturated heterocycles. The summed E-state index contributed by atoms with van der Waals surface area (Å²) in [5.41, 5.74) is 2.06. The Kier molecular flexibility index (Phi) is 4.33. The van der Waals surface area contributed by atoms with Crippen molar-refractivity contribution < 1.29 is 4.74 Å². The van der Waals surface area contributed by atoms with Gasteiger partial charge in [-0.1, -0.05) is 37.0 Å². The highest BCUT2D eigenvalue weighted by molar-refractivity contribution is 6.31. The van der Waals surface area contributed by atoms with Crippen LogP contribution in [0.3, 0.4) is 0 Å². The minimum absolute atomic E-state index is 0.344. The molecule has 0 fully saturated rings. The van der Waals surface area contributed by atoms with E-state index in [1.54, 1.807) is 18.3 Å². The van der Waals surface area contributed by atoms with Crippen molar-refractivity contribution in [3.05, 3.63) is 51.8 Å². The van der Waals surface area contributed by atoms with Crippen LogP contribution in [0.25, 0.3) is 0 Å². The molecule has 0 N–H and O–H groups in total. The first-order chi connectivity index (χ1) is 8.97. The maximum Gasteiger partial charge on any atom is 0.132 e. The summed E-state index contributed by atoms with van der Waals surface area (Å²) in [6.07, 6.45) is 1.62. The summed E-state index contributed by atoms with van der Waals surface area (Å²) >= 11 is 12.1. The van der Waals surface area contributed by atoms with Gasteiger partial charge in [0, 0.05) is 17.3 Å². The Bertz CT molecular complexity index is 597. The lowest BCUT2D eigenvalue weighted by Gasteiger charge is -2.14. The maximum atomic E-state index is 6.24. The van der Waals surface area contributed by atoms with Gasteiger partial charge in [0.1, 0.15) is 16.7 Å². The lowest BCUT2D eigenvalue weighted by molar-refractivity contribution is 0.477. The van der Waals surface area contributed by atoms with Gasteiger partial charge in [0.15, 0.2) is 0 Å². The Hall–Kier alpha value is -1.25. The first kappa shape index (κ1) is 14.2. The average Bonchev–Trinajstić information content (AvgIpc) is 2.32. The van der Waals surface area contributed by atoms with Crippen molar-refractivity contribution in [2.45, 2.75) is 26.7 Å². The predicted molar refractivity (Wildman–Crippen MR) is 79.6 cm³/mol. The molecule has 0 unspecified atom stereocenters. The molecule has 4 heteroatoms. The fraction of sp³-hybridized carbons (Fsp3) is 0.267. The fourth-order valence-electron chi connectivity index (χ4n) is 1.80. The van der Waals surface area contributed by atoms with E-state index in [4.69, 9.17) is 27.9 Å². The molecule has 0 aliphatic heterocycles. The maximum absolute atomic E-state index is 6.24. The largest absolute Gasteiger partial charge is 0.457 e. The van der Waals surface area contributed by atoms with E-state index >= 15 is 0 Å². The number of nitrogens with zero attached hydrogens (tertiary/aromatic N) is 1. The summed E-state index contributed by atoms with van der Waals surface area (Å²) in [5.74, 6) is 1.80. The highest BCUT2D eigenvalue weighted by Crippen LogP contribution is 2.34. The molecule has 19 heavy (non-hydrogen) atoms. The van der Waals surface area contributed by atoms with Gasteiger partial charge in [-0.2, -0.15) is 0 Å². The van der Waals surface area contributed by atoms with E-state index < -0.39 is 0 Å². The van der Waals surface area contributed by atoms with Crippen LogP contribution in [0.15, 0.2) is 30.5 Å². The van der Waals surface area contributed by atoms with Crippen molar-refractivity contribution in [2.75, 3.05) is 0 Å². The molecular formula is C15H15Cl2NO. The molecule has 2 aromatic rings. The SMILES string of the molecule is Cc1cc(Cl)c(C(C)C)cc1Oc1ccnc(Cl)c1. The van der Waals surface area contributed by atoms with Gasteiger partial charge in [-0.05, 0) is 42.2 Å². The first-order valence-electron chi connectivity index (χ1n) is 6.07. The highest BCUT2D eigenvalue weighted by Gasteiger charge is 2.11. The van der Waals surface area contributed by atoms with Gasteiger partial charge in [-0.3, -0.25) is 0 Å². The van der Waals surface area contributed by atoms with Crippen molar-refractivity contribution in [2.24, 2.45) is 0 Å². The van der Waals surface area contributed by atoms with Crippen LogP contribution in [0.4, 0.5) is 0 Å². The molecule has 0 amide bonds. The Morgan fingerprint density at radius 2 is 1.89 bits per heavy atom. The lowest BCUT2D eigenvalue weighted by Crippen LogP contribution is -1.94. The van der Waals surface area contributed by atoms with Crippen molar-refractivity contribution in [3.8, 4) is 11.5 Å². The van der Waals surface area contributed by atoms with Crippen LogP contribution in [-0.2, 0) is 0 Å². The molecule has 0 aliphatic rings. The molecule has 0 bridgehead atoms. The third kappa shape index (κ3) is 3.40. The molecule has 2 nitrogen and oxygen atoms in total. The molecule has 0 aliphatic carbocycles. The van der Waals surface area contributed by atoms with Crippen LogP contribution in [0.1, 0.15) is 30.9 Å². The first-order valence-corrected chi connectivity index (χ1v) is 6.82. The summed E-state index contributed by atoms with van der Waals surface area (Å²) in [6, 6.07) is 7.37. The molecule has 1 aromatic carbocycles. The molecular weight excluding hydrogens is 281 g/mol. The number of hydrogen-bond acceptors (Lipinski definition) is 2. The average molecular weight is 296 g/mol.